The van der Waals surface area contributed by atoms with Crippen molar-refractivity contribution in [2.75, 3.05) is 10.6 Å². The first-order valence-electron chi connectivity index (χ1n) is 9.70. The number of hydrogen-bond donors (Lipinski definition) is 2. The van der Waals surface area contributed by atoms with Crippen molar-refractivity contribution in [2.45, 2.75) is 13.0 Å². The van der Waals surface area contributed by atoms with Gasteiger partial charge in [-0.3, -0.25) is 9.59 Å². The van der Waals surface area contributed by atoms with Gasteiger partial charge in [0.15, 0.2) is 6.10 Å². The first-order valence-corrected chi connectivity index (χ1v) is 10.6. The van der Waals surface area contributed by atoms with E-state index >= 15 is 0 Å². The van der Waals surface area contributed by atoms with Crippen LogP contribution in [0, 0.1) is 0 Å². The molecule has 0 radical (unpaired) electrons. The molecule has 1 atom stereocenters. The number of para-hydroxylation sites is 1. The highest BCUT2D eigenvalue weighted by Crippen LogP contribution is 2.33. The molecular weight excluding hydrogens is 412 g/mol. The lowest BCUT2D eigenvalue weighted by molar-refractivity contribution is -0.122. The standard InChI is InChI=1S/C23H18N4O3S/c1-14-22(28)25-18-12-15(9-10-19(18)30-14)24-23(29)17-13-27(16-6-3-2-4-7-16)26-21(17)20-8-5-11-31-20/h2-14H,1H3,(H,24,29)(H,25,28)/t14-/m0/s1. The molecule has 31 heavy (non-hydrogen) atoms. The lowest BCUT2D eigenvalue weighted by atomic mass is 10.1. The predicted octanol–water partition coefficient (Wildman–Crippen LogP) is 4.57. The minimum absolute atomic E-state index is 0.222. The molecule has 0 unspecified atom stereocenters. The minimum atomic E-state index is -0.551. The van der Waals surface area contributed by atoms with Gasteiger partial charge < -0.3 is 15.4 Å². The Morgan fingerprint density at radius 1 is 1.16 bits per heavy atom. The molecule has 0 aliphatic carbocycles. The summed E-state index contributed by atoms with van der Waals surface area (Å²) in [5.74, 6) is 0.0586. The van der Waals surface area contributed by atoms with Crippen LogP contribution in [0.1, 0.15) is 17.3 Å². The molecular formula is C23H18N4O3S. The SMILES string of the molecule is C[C@@H]1Oc2ccc(NC(=O)c3cn(-c4ccccc4)nc3-c3cccs3)cc2NC1=O. The first kappa shape index (κ1) is 19.1. The topological polar surface area (TPSA) is 85.2 Å². The van der Waals surface area contributed by atoms with E-state index in [1.54, 1.807) is 36.0 Å². The lowest BCUT2D eigenvalue weighted by Gasteiger charge is -2.23. The summed E-state index contributed by atoms with van der Waals surface area (Å²) in [7, 11) is 0. The van der Waals surface area contributed by atoms with E-state index in [1.165, 1.54) is 11.3 Å². The molecule has 2 N–H and O–H groups in total. The summed E-state index contributed by atoms with van der Waals surface area (Å²) in [6.45, 7) is 1.68. The van der Waals surface area contributed by atoms with Gasteiger partial charge in [0.2, 0.25) is 0 Å². The second kappa shape index (κ2) is 7.73. The number of carbonyl (C=O) groups is 2. The molecule has 2 amide bonds. The van der Waals surface area contributed by atoms with Crippen molar-refractivity contribution in [1.82, 2.24) is 9.78 Å². The van der Waals surface area contributed by atoms with Gasteiger partial charge in [0.1, 0.15) is 11.4 Å². The van der Waals surface area contributed by atoms with E-state index in [0.29, 0.717) is 28.4 Å². The Morgan fingerprint density at radius 3 is 2.77 bits per heavy atom. The summed E-state index contributed by atoms with van der Waals surface area (Å²) in [6, 6.07) is 18.7. The molecule has 2 aromatic carbocycles. The fourth-order valence-electron chi connectivity index (χ4n) is 3.33. The van der Waals surface area contributed by atoms with E-state index in [1.807, 2.05) is 47.8 Å². The first-order chi connectivity index (χ1) is 15.1. The number of ether oxygens (including phenoxy) is 1. The van der Waals surface area contributed by atoms with Crippen molar-refractivity contribution >= 4 is 34.5 Å². The molecule has 3 heterocycles. The highest BCUT2D eigenvalue weighted by atomic mass is 32.1. The zero-order valence-electron chi connectivity index (χ0n) is 16.5. The van der Waals surface area contributed by atoms with Crippen LogP contribution in [0.15, 0.2) is 72.2 Å². The van der Waals surface area contributed by atoms with E-state index in [9.17, 15) is 9.59 Å². The molecule has 0 bridgehead atoms. The van der Waals surface area contributed by atoms with Gasteiger partial charge in [-0.15, -0.1) is 11.3 Å². The lowest BCUT2D eigenvalue weighted by Crippen LogP contribution is -2.34. The predicted molar refractivity (Wildman–Crippen MR) is 120 cm³/mol. The number of carbonyl (C=O) groups excluding carboxylic acids is 2. The maximum absolute atomic E-state index is 13.2. The summed E-state index contributed by atoms with van der Waals surface area (Å²) in [5, 5.41) is 12.3. The third kappa shape index (κ3) is 3.69. The summed E-state index contributed by atoms with van der Waals surface area (Å²) < 4.78 is 7.27. The highest BCUT2D eigenvalue weighted by Gasteiger charge is 2.24. The minimum Gasteiger partial charge on any atom is -0.479 e. The van der Waals surface area contributed by atoms with E-state index in [4.69, 9.17) is 4.74 Å². The summed E-state index contributed by atoms with van der Waals surface area (Å²) in [6.07, 6.45) is 1.18. The Morgan fingerprint density at radius 2 is 2.00 bits per heavy atom. The quantitative estimate of drug-likeness (QED) is 0.497. The third-order valence-corrected chi connectivity index (χ3v) is 5.78. The molecule has 1 aliphatic rings. The van der Waals surface area contributed by atoms with Crippen molar-refractivity contribution in [3.63, 3.8) is 0 Å². The van der Waals surface area contributed by atoms with Crippen molar-refractivity contribution < 1.29 is 14.3 Å². The van der Waals surface area contributed by atoms with Crippen LogP contribution in [0.5, 0.6) is 5.75 Å². The van der Waals surface area contributed by atoms with Crippen LogP contribution in [-0.4, -0.2) is 27.7 Å². The van der Waals surface area contributed by atoms with Crippen molar-refractivity contribution in [3.05, 3.63) is 77.8 Å². The molecule has 2 aromatic heterocycles. The number of rotatable bonds is 4. The van der Waals surface area contributed by atoms with Crippen LogP contribution in [0.2, 0.25) is 0 Å². The number of nitrogens with one attached hydrogen (secondary N) is 2. The number of hydrogen-bond acceptors (Lipinski definition) is 5. The van der Waals surface area contributed by atoms with Crippen LogP contribution in [0.4, 0.5) is 11.4 Å². The maximum Gasteiger partial charge on any atom is 0.265 e. The Hall–Kier alpha value is -3.91. The number of thiophene rings is 1. The van der Waals surface area contributed by atoms with Gasteiger partial charge >= 0.3 is 0 Å². The summed E-state index contributed by atoms with van der Waals surface area (Å²) in [4.78, 5) is 26.0. The average Bonchev–Trinajstić information content (AvgIpc) is 3.45. The molecule has 7 nitrogen and oxygen atoms in total. The van der Waals surface area contributed by atoms with Gasteiger partial charge in [0, 0.05) is 11.9 Å². The molecule has 154 valence electrons. The fourth-order valence-corrected chi connectivity index (χ4v) is 4.06. The fraction of sp³-hybridized carbons (Fsp3) is 0.0870. The molecule has 0 spiro atoms. The van der Waals surface area contributed by atoms with Gasteiger partial charge in [-0.2, -0.15) is 5.10 Å². The smallest absolute Gasteiger partial charge is 0.265 e. The van der Waals surface area contributed by atoms with Crippen LogP contribution in [-0.2, 0) is 4.79 Å². The van der Waals surface area contributed by atoms with E-state index in [2.05, 4.69) is 15.7 Å². The Balaban J connectivity index is 1.47. The highest BCUT2D eigenvalue weighted by molar-refractivity contribution is 7.13. The van der Waals surface area contributed by atoms with Gasteiger partial charge in [-0.25, -0.2) is 4.68 Å². The number of anilines is 2. The molecule has 0 fully saturated rings. The van der Waals surface area contributed by atoms with Gasteiger partial charge in [-0.1, -0.05) is 24.3 Å². The van der Waals surface area contributed by atoms with Crippen LogP contribution in [0.3, 0.4) is 0 Å². The molecule has 5 rings (SSSR count). The second-order valence-corrected chi connectivity index (χ2v) is 8.01. The number of amides is 2. The van der Waals surface area contributed by atoms with Crippen molar-refractivity contribution in [1.29, 1.82) is 0 Å². The van der Waals surface area contributed by atoms with E-state index in [-0.39, 0.29) is 11.8 Å². The van der Waals surface area contributed by atoms with Crippen molar-refractivity contribution in [3.8, 4) is 22.0 Å². The molecule has 4 aromatic rings. The third-order valence-electron chi connectivity index (χ3n) is 4.90. The summed E-state index contributed by atoms with van der Waals surface area (Å²) >= 11 is 1.52. The molecule has 1 aliphatic heterocycles. The van der Waals surface area contributed by atoms with Gasteiger partial charge in [0.05, 0.1) is 21.8 Å². The Bertz CT molecular complexity index is 1270. The molecule has 0 saturated carbocycles. The maximum atomic E-state index is 13.2. The number of aromatic nitrogens is 2. The van der Waals surface area contributed by atoms with Crippen molar-refractivity contribution in [2.24, 2.45) is 0 Å². The largest absolute Gasteiger partial charge is 0.479 e. The van der Waals surface area contributed by atoms with Crippen LogP contribution in [0.25, 0.3) is 16.3 Å². The van der Waals surface area contributed by atoms with Gasteiger partial charge in [0.25, 0.3) is 11.8 Å². The zero-order valence-corrected chi connectivity index (χ0v) is 17.3. The van der Waals surface area contributed by atoms with Gasteiger partial charge in [-0.05, 0) is 48.7 Å². The normalized spacial score (nSPS) is 15.0. The molecule has 8 heteroatoms. The second-order valence-electron chi connectivity index (χ2n) is 7.06. The van der Waals surface area contributed by atoms with E-state index in [0.717, 1.165) is 10.6 Å². The Kier molecular flexibility index (Phi) is 4.76. The molecule has 0 saturated heterocycles. The van der Waals surface area contributed by atoms with E-state index < -0.39 is 6.10 Å². The Labute approximate surface area is 182 Å². The number of nitrogens with zero attached hydrogens (tertiary/aromatic N) is 2. The number of fused-ring (bicyclic) bond motifs is 1. The average molecular weight is 430 g/mol. The zero-order chi connectivity index (χ0) is 21.4. The van der Waals surface area contributed by atoms with Crippen LogP contribution < -0.4 is 15.4 Å². The monoisotopic (exact) mass is 430 g/mol. The number of benzene rings is 2. The summed E-state index contributed by atoms with van der Waals surface area (Å²) in [5.41, 5.74) is 3.01. The van der Waals surface area contributed by atoms with Crippen LogP contribution >= 0.6 is 11.3 Å².